The van der Waals surface area contributed by atoms with Crippen molar-refractivity contribution in [2.45, 2.75) is 19.1 Å². The van der Waals surface area contributed by atoms with Crippen LogP contribution >= 0.6 is 11.5 Å². The minimum atomic E-state index is -4.31. The lowest BCUT2D eigenvalue weighted by Crippen LogP contribution is -2.61. The van der Waals surface area contributed by atoms with Crippen molar-refractivity contribution in [2.75, 3.05) is 30.3 Å². The average molecular weight is 527 g/mol. The summed E-state index contributed by atoms with van der Waals surface area (Å²) in [6.07, 6.45) is -1.81. The van der Waals surface area contributed by atoms with Gasteiger partial charge in [-0.1, -0.05) is 0 Å². The molecule has 1 aliphatic heterocycles. The number of aromatic nitrogens is 3. The van der Waals surface area contributed by atoms with E-state index in [0.29, 0.717) is 5.69 Å². The number of hydrogen-bond donors (Lipinski definition) is 3. The number of benzene rings is 1. The first-order valence-corrected chi connectivity index (χ1v) is 11.2. The number of amides is 2. The van der Waals surface area contributed by atoms with Gasteiger partial charge in [-0.25, -0.2) is 13.8 Å². The highest BCUT2D eigenvalue weighted by Gasteiger charge is 2.37. The van der Waals surface area contributed by atoms with E-state index in [1.165, 1.54) is 18.5 Å². The lowest BCUT2D eigenvalue weighted by atomic mass is 10.1. The van der Waals surface area contributed by atoms with E-state index in [1.54, 1.807) is 6.92 Å². The van der Waals surface area contributed by atoms with Crippen LogP contribution in [0.25, 0.3) is 0 Å². The maximum atomic E-state index is 13.5. The van der Waals surface area contributed by atoms with E-state index in [4.69, 9.17) is 0 Å². The first-order valence-electron chi connectivity index (χ1n) is 10.4. The summed E-state index contributed by atoms with van der Waals surface area (Å²) in [6.45, 7) is 0.664. The summed E-state index contributed by atoms with van der Waals surface area (Å²) < 4.78 is 68.0. The third-order valence-electron chi connectivity index (χ3n) is 5.07. The molecule has 15 heteroatoms. The number of nitrogens with zero attached hydrogens (tertiary/aromatic N) is 4. The summed E-state index contributed by atoms with van der Waals surface area (Å²) in [6, 6.07) is 2.48. The molecule has 0 spiro atoms. The van der Waals surface area contributed by atoms with Crippen molar-refractivity contribution >= 4 is 39.9 Å². The third kappa shape index (κ3) is 6.09. The molecule has 0 saturated carbocycles. The Morgan fingerprint density at radius 1 is 1.14 bits per heavy atom. The molecule has 1 aliphatic rings. The summed E-state index contributed by atoms with van der Waals surface area (Å²) in [5.41, 5.74) is 0.445. The molecule has 0 aliphatic carbocycles. The lowest BCUT2D eigenvalue weighted by molar-refractivity contribution is -0.155. The third-order valence-corrected chi connectivity index (χ3v) is 5.93. The van der Waals surface area contributed by atoms with Crippen LogP contribution in [0.4, 0.5) is 38.5 Å². The van der Waals surface area contributed by atoms with E-state index in [-0.39, 0.29) is 40.9 Å². The molecule has 0 bridgehead atoms. The second-order valence-electron chi connectivity index (χ2n) is 7.95. The Morgan fingerprint density at radius 3 is 2.58 bits per heavy atom. The summed E-state index contributed by atoms with van der Waals surface area (Å²) in [4.78, 5) is 34.5. The molecule has 1 saturated heterocycles. The van der Waals surface area contributed by atoms with Gasteiger partial charge in [0.05, 0.1) is 36.2 Å². The van der Waals surface area contributed by atoms with E-state index in [2.05, 4.69) is 30.3 Å². The van der Waals surface area contributed by atoms with Crippen LogP contribution in [-0.2, 0) is 0 Å². The van der Waals surface area contributed by atoms with Gasteiger partial charge in [-0.15, -0.1) is 0 Å². The Balaban J connectivity index is 1.41. The van der Waals surface area contributed by atoms with Gasteiger partial charge < -0.3 is 16.0 Å². The maximum absolute atomic E-state index is 13.5. The van der Waals surface area contributed by atoms with Crippen LogP contribution in [0.1, 0.15) is 26.5 Å². The first-order chi connectivity index (χ1) is 17.0. The van der Waals surface area contributed by atoms with Crippen LogP contribution in [0.2, 0.25) is 0 Å². The molecule has 3 N–H and O–H groups in total. The van der Waals surface area contributed by atoms with Crippen molar-refractivity contribution in [1.82, 2.24) is 24.6 Å². The monoisotopic (exact) mass is 527 g/mol. The minimum absolute atomic E-state index is 0.0405. The van der Waals surface area contributed by atoms with Crippen LogP contribution in [0.15, 0.2) is 30.6 Å². The lowest BCUT2D eigenvalue weighted by Gasteiger charge is -2.39. The standard InChI is InChI=1S/C21H18F5N7O2S/c1-10-17(19(35)28-11-2-3-13(22)14(23)4-11)20(36-32-10)31-16-6-27-5-15(30-16)18(34)29-12-7-33(8-12)9-21(24,25)26/h2-6,12H,7-9H2,1H3,(H,28,35)(H,29,34)(H,30,31). The van der Waals surface area contributed by atoms with Gasteiger partial charge in [0.15, 0.2) is 11.6 Å². The van der Waals surface area contributed by atoms with Crippen LogP contribution in [0.3, 0.4) is 0 Å². The summed E-state index contributed by atoms with van der Waals surface area (Å²) in [5.74, 6) is -3.31. The highest BCUT2D eigenvalue weighted by molar-refractivity contribution is 7.10. The number of carbonyl (C=O) groups excluding carboxylic acids is 2. The van der Waals surface area contributed by atoms with Crippen molar-refractivity contribution in [3.63, 3.8) is 0 Å². The second kappa shape index (κ2) is 10.1. The highest BCUT2D eigenvalue weighted by atomic mass is 32.1. The number of alkyl halides is 3. The number of anilines is 3. The summed E-state index contributed by atoms with van der Waals surface area (Å²) >= 11 is 0.936. The maximum Gasteiger partial charge on any atom is 0.401 e. The molecule has 0 atom stereocenters. The molecule has 1 aromatic carbocycles. The van der Waals surface area contributed by atoms with Gasteiger partial charge in [0.1, 0.15) is 16.5 Å². The molecule has 2 amide bonds. The summed E-state index contributed by atoms with van der Waals surface area (Å²) in [7, 11) is 0. The Morgan fingerprint density at radius 2 is 1.89 bits per heavy atom. The SMILES string of the molecule is Cc1nsc(Nc2cncc(C(=O)NC3CN(CC(F)(F)F)C3)n2)c1C(=O)Nc1ccc(F)c(F)c1. The van der Waals surface area contributed by atoms with Crippen LogP contribution in [0.5, 0.6) is 0 Å². The normalized spacial score (nSPS) is 14.3. The minimum Gasteiger partial charge on any atom is -0.345 e. The predicted octanol–water partition coefficient (Wildman–Crippen LogP) is 3.49. The van der Waals surface area contributed by atoms with E-state index in [1.807, 2.05) is 0 Å². The second-order valence-corrected chi connectivity index (χ2v) is 8.72. The molecule has 4 rings (SSSR count). The molecule has 36 heavy (non-hydrogen) atoms. The molecule has 3 heterocycles. The quantitative estimate of drug-likeness (QED) is 0.404. The van der Waals surface area contributed by atoms with Crippen molar-refractivity contribution in [3.05, 3.63) is 59.2 Å². The van der Waals surface area contributed by atoms with Crippen LogP contribution in [0, 0.1) is 18.6 Å². The Hall–Kier alpha value is -3.72. The van der Waals surface area contributed by atoms with Gasteiger partial charge in [-0.3, -0.25) is 19.5 Å². The topological polar surface area (TPSA) is 112 Å². The fourth-order valence-electron chi connectivity index (χ4n) is 3.44. The molecule has 9 nitrogen and oxygen atoms in total. The van der Waals surface area contributed by atoms with Gasteiger partial charge in [-0.2, -0.15) is 17.5 Å². The van der Waals surface area contributed by atoms with Gasteiger partial charge in [0, 0.05) is 24.8 Å². The highest BCUT2D eigenvalue weighted by Crippen LogP contribution is 2.28. The number of carbonyl (C=O) groups is 2. The fourth-order valence-corrected chi connectivity index (χ4v) is 4.25. The Labute approximate surface area is 204 Å². The summed E-state index contributed by atoms with van der Waals surface area (Å²) in [5, 5.41) is 8.20. The zero-order valence-electron chi connectivity index (χ0n) is 18.5. The number of hydrogen-bond acceptors (Lipinski definition) is 8. The number of likely N-dealkylation sites (tertiary alicyclic amines) is 1. The van der Waals surface area contributed by atoms with Gasteiger partial charge >= 0.3 is 6.18 Å². The molecule has 190 valence electrons. The van der Waals surface area contributed by atoms with E-state index < -0.39 is 42.2 Å². The number of halogens is 5. The van der Waals surface area contributed by atoms with E-state index in [9.17, 15) is 31.5 Å². The van der Waals surface area contributed by atoms with Crippen molar-refractivity contribution in [2.24, 2.45) is 0 Å². The molecule has 2 aromatic heterocycles. The molecular formula is C21H18F5N7O2S. The van der Waals surface area contributed by atoms with Crippen LogP contribution < -0.4 is 16.0 Å². The van der Waals surface area contributed by atoms with E-state index in [0.717, 1.165) is 28.6 Å². The largest absolute Gasteiger partial charge is 0.401 e. The molecule has 0 radical (unpaired) electrons. The van der Waals surface area contributed by atoms with Crippen molar-refractivity contribution in [1.29, 1.82) is 0 Å². The van der Waals surface area contributed by atoms with E-state index >= 15 is 0 Å². The number of nitrogens with one attached hydrogen (secondary N) is 3. The predicted molar refractivity (Wildman–Crippen MR) is 120 cm³/mol. The number of aryl methyl sites for hydroxylation is 1. The first kappa shape index (κ1) is 25.4. The zero-order valence-corrected chi connectivity index (χ0v) is 19.3. The molecular weight excluding hydrogens is 509 g/mol. The fraction of sp³-hybridized carbons (Fsp3) is 0.286. The number of rotatable bonds is 7. The smallest absolute Gasteiger partial charge is 0.345 e. The van der Waals surface area contributed by atoms with Crippen LogP contribution in [-0.4, -0.2) is 62.9 Å². The van der Waals surface area contributed by atoms with Crippen molar-refractivity contribution < 1.29 is 31.5 Å². The molecule has 0 unspecified atom stereocenters. The molecule has 1 fully saturated rings. The van der Waals surface area contributed by atoms with Gasteiger partial charge in [0.25, 0.3) is 11.8 Å². The van der Waals surface area contributed by atoms with Gasteiger partial charge in [0.2, 0.25) is 0 Å². The average Bonchev–Trinajstić information content (AvgIpc) is 3.14. The van der Waals surface area contributed by atoms with Crippen molar-refractivity contribution in [3.8, 4) is 0 Å². The molecule has 3 aromatic rings. The Kier molecular flexibility index (Phi) is 7.12. The Bertz CT molecular complexity index is 1290. The zero-order chi connectivity index (χ0) is 26.0. The van der Waals surface area contributed by atoms with Gasteiger partial charge in [-0.05, 0) is 30.6 Å².